The molecular weight excluding hydrogens is 516 g/mol. The maximum Gasteiger partial charge on any atom is 0.467 e. The molecule has 1 unspecified atom stereocenters. The molecule has 0 bridgehead atoms. The lowest BCUT2D eigenvalue weighted by Gasteiger charge is -2.17. The number of ether oxygens (including phenoxy) is 3. The van der Waals surface area contributed by atoms with Gasteiger partial charge in [-0.3, -0.25) is 4.79 Å². The number of carbonyl (C=O) groups excluding carboxylic acids is 1. The number of nitroso groups, excluding NO2 is 1. The van der Waals surface area contributed by atoms with Gasteiger partial charge in [-0.15, -0.1) is 0 Å². The first-order valence-electron chi connectivity index (χ1n) is 11.1. The molecule has 0 radical (unpaired) electrons. The Morgan fingerprint density at radius 3 is 2.47 bits per heavy atom. The lowest BCUT2D eigenvalue weighted by Crippen LogP contribution is -2.41. The summed E-state index contributed by atoms with van der Waals surface area (Å²) in [6.45, 7) is 3.44. The van der Waals surface area contributed by atoms with Gasteiger partial charge in [-0.2, -0.15) is 5.43 Å². The van der Waals surface area contributed by atoms with Crippen LogP contribution >= 0.6 is 0 Å². The third-order valence-electron chi connectivity index (χ3n) is 5.00. The molecule has 0 aliphatic heterocycles. The molecule has 0 saturated heterocycles. The van der Waals surface area contributed by atoms with Crippen molar-refractivity contribution < 1.29 is 28.1 Å². The molecular formula is C23H27N8O6S+. The number of amides is 1. The van der Waals surface area contributed by atoms with Crippen molar-refractivity contribution >= 4 is 28.5 Å². The van der Waals surface area contributed by atoms with Gasteiger partial charge in [0.2, 0.25) is 16.9 Å². The monoisotopic (exact) mass is 543 g/mol. The maximum absolute atomic E-state index is 13.3. The average Bonchev–Trinajstić information content (AvgIpc) is 2.94. The van der Waals surface area contributed by atoms with E-state index in [1.807, 2.05) is 6.92 Å². The maximum atomic E-state index is 13.3. The molecule has 2 N–H and O–H groups in total. The van der Waals surface area contributed by atoms with Gasteiger partial charge in [-0.1, -0.05) is 11.0 Å². The summed E-state index contributed by atoms with van der Waals surface area (Å²) >= 11 is 0. The van der Waals surface area contributed by atoms with Gasteiger partial charge < -0.3 is 14.2 Å². The molecule has 3 heterocycles. The van der Waals surface area contributed by atoms with Gasteiger partial charge in [0.15, 0.2) is 11.5 Å². The van der Waals surface area contributed by atoms with Gasteiger partial charge in [0.1, 0.15) is 17.0 Å². The first kappa shape index (κ1) is 28.2. The van der Waals surface area contributed by atoms with Gasteiger partial charge in [0, 0.05) is 36.2 Å². The highest BCUT2D eigenvalue weighted by Crippen LogP contribution is 2.23. The Bertz CT molecular complexity index is 1340. The Hall–Kier alpha value is -4.37. The molecule has 38 heavy (non-hydrogen) atoms. The normalized spacial score (nSPS) is 13.7. The fourth-order valence-electron chi connectivity index (χ4n) is 3.07. The Balaban J connectivity index is 1.91. The molecule has 0 spiro atoms. The van der Waals surface area contributed by atoms with Crippen molar-refractivity contribution in [3.63, 3.8) is 0 Å². The van der Waals surface area contributed by atoms with E-state index in [0.29, 0.717) is 5.82 Å². The van der Waals surface area contributed by atoms with Gasteiger partial charge >= 0.3 is 11.9 Å². The summed E-state index contributed by atoms with van der Waals surface area (Å²) in [5, 5.41) is 1.93. The molecule has 1 amide bonds. The average molecular weight is 544 g/mol. The number of pyridine rings is 2. The van der Waals surface area contributed by atoms with Crippen molar-refractivity contribution in [2.45, 2.75) is 25.2 Å². The zero-order chi connectivity index (χ0) is 27.7. The van der Waals surface area contributed by atoms with Gasteiger partial charge in [0.25, 0.3) is 5.88 Å². The van der Waals surface area contributed by atoms with E-state index in [1.54, 1.807) is 43.6 Å². The molecule has 0 fully saturated rings. The molecule has 0 aliphatic carbocycles. The van der Waals surface area contributed by atoms with E-state index in [4.69, 9.17) is 14.2 Å². The minimum absolute atomic E-state index is 0.0325. The summed E-state index contributed by atoms with van der Waals surface area (Å²) in [5.74, 6) is -0.753. The fraction of sp³-hybridized carbons (Fsp3) is 0.304. The van der Waals surface area contributed by atoms with Crippen LogP contribution in [-0.4, -0.2) is 67.5 Å². The number of aryl methyl sites for hydroxylation is 1. The molecule has 3 atom stereocenters. The summed E-state index contributed by atoms with van der Waals surface area (Å²) in [6.07, 6.45) is 3.90. The molecule has 0 saturated carbocycles. The first-order chi connectivity index (χ1) is 18.3. The number of guanidine groups is 1. The number of aromatic nitrogens is 4. The van der Waals surface area contributed by atoms with E-state index in [2.05, 4.69) is 35.1 Å². The van der Waals surface area contributed by atoms with E-state index in [1.165, 1.54) is 33.6 Å². The zero-order valence-corrected chi connectivity index (χ0v) is 22.1. The smallest absolute Gasteiger partial charge is 0.467 e. The van der Waals surface area contributed by atoms with Crippen molar-refractivity contribution in [1.82, 2.24) is 25.4 Å². The Kier molecular flexibility index (Phi) is 9.84. The predicted molar refractivity (Wildman–Crippen MR) is 138 cm³/mol. The number of hydrogen-bond donors (Lipinski definition) is 2. The minimum atomic E-state index is -2.07. The number of anilines is 1. The molecule has 3 rings (SSSR count). The SMILES string of the molecule is COc1cccc(C(=O)N[N+](=O)C(=NS(=O)[C@@H](C)[C@H](OC)c2ncc(C)cn2)Nc2cccnc2OC)n1. The van der Waals surface area contributed by atoms with E-state index >= 15 is 0 Å². The highest BCUT2D eigenvalue weighted by atomic mass is 32.2. The third kappa shape index (κ3) is 7.10. The summed E-state index contributed by atoms with van der Waals surface area (Å²) in [7, 11) is 2.14. The summed E-state index contributed by atoms with van der Waals surface area (Å²) in [5.41, 5.74) is 3.10. The Morgan fingerprint density at radius 2 is 1.82 bits per heavy atom. The second-order valence-corrected chi connectivity index (χ2v) is 9.14. The highest BCUT2D eigenvalue weighted by Gasteiger charge is 2.33. The number of rotatable bonds is 9. The van der Waals surface area contributed by atoms with Crippen LogP contribution in [-0.2, 0) is 15.7 Å². The quantitative estimate of drug-likeness (QED) is 0.175. The second-order valence-electron chi connectivity index (χ2n) is 7.66. The van der Waals surface area contributed by atoms with Crippen LogP contribution in [0.1, 0.15) is 34.9 Å². The van der Waals surface area contributed by atoms with Gasteiger partial charge in [-0.05, 0) is 37.6 Å². The second kappa shape index (κ2) is 13.3. The van der Waals surface area contributed by atoms with E-state index in [9.17, 15) is 13.9 Å². The van der Waals surface area contributed by atoms with E-state index in [0.717, 1.165) is 5.56 Å². The number of carbonyl (C=O) groups is 1. The highest BCUT2D eigenvalue weighted by molar-refractivity contribution is 7.84. The number of hydrogen-bond acceptors (Lipinski definition) is 10. The lowest BCUT2D eigenvalue weighted by molar-refractivity contribution is -0.480. The van der Waals surface area contributed by atoms with Crippen molar-refractivity contribution in [3.8, 4) is 11.8 Å². The van der Waals surface area contributed by atoms with E-state index < -0.39 is 34.2 Å². The molecule has 3 aromatic rings. The number of hydrazine groups is 1. The summed E-state index contributed by atoms with van der Waals surface area (Å²) < 4.78 is 33.0. The van der Waals surface area contributed by atoms with Crippen LogP contribution < -0.4 is 20.2 Å². The van der Waals surface area contributed by atoms with Crippen molar-refractivity contribution in [3.05, 3.63) is 70.9 Å². The van der Waals surface area contributed by atoms with Crippen LogP contribution in [0.3, 0.4) is 0 Å². The van der Waals surface area contributed by atoms with Crippen LogP contribution in [0, 0.1) is 11.8 Å². The lowest BCUT2D eigenvalue weighted by atomic mass is 10.2. The topological polar surface area (TPSA) is 170 Å². The summed E-state index contributed by atoms with van der Waals surface area (Å²) in [6, 6.07) is 7.63. The first-order valence-corrected chi connectivity index (χ1v) is 12.3. The van der Waals surface area contributed by atoms with Crippen LogP contribution in [0.15, 0.2) is 53.3 Å². The number of nitrogens with one attached hydrogen (secondary N) is 2. The van der Waals surface area contributed by atoms with Gasteiger partial charge in [0.05, 0.1) is 19.1 Å². The van der Waals surface area contributed by atoms with Crippen molar-refractivity contribution in [1.29, 1.82) is 0 Å². The zero-order valence-electron chi connectivity index (χ0n) is 21.3. The Labute approximate surface area is 221 Å². The van der Waals surface area contributed by atoms with Crippen molar-refractivity contribution in [2.75, 3.05) is 26.6 Å². The number of nitrogens with zero attached hydrogens (tertiary/aromatic N) is 6. The molecule has 200 valence electrons. The standard InChI is InChI=1S/C23H26N8O6S/c1-14-12-25-20(26-13-14)19(36-4)15(2)38(34)30-23(28-17-9-7-11-24-22(17)37-5)31(33)29-21(32)16-8-6-10-18(27-16)35-3/h6-13,15,19H,1-5H3,(H-,28,29,30,32,33)/p+1/t15-,19-,38?/m0/s1. The summed E-state index contributed by atoms with van der Waals surface area (Å²) in [4.78, 5) is 42.3. The third-order valence-corrected chi connectivity index (χ3v) is 6.24. The molecule has 15 heteroatoms. The molecule has 0 aromatic carbocycles. The predicted octanol–water partition coefficient (Wildman–Crippen LogP) is 1.92. The minimum Gasteiger partial charge on any atom is -0.481 e. The fourth-order valence-corrected chi connectivity index (χ4v) is 3.97. The van der Waals surface area contributed by atoms with Crippen LogP contribution in [0.4, 0.5) is 5.69 Å². The molecule has 14 nitrogen and oxygen atoms in total. The van der Waals surface area contributed by atoms with Crippen molar-refractivity contribution in [2.24, 2.45) is 4.40 Å². The largest absolute Gasteiger partial charge is 0.481 e. The van der Waals surface area contributed by atoms with E-state index in [-0.39, 0.29) is 28.0 Å². The molecule has 0 aliphatic rings. The molecule has 3 aromatic heterocycles. The van der Waals surface area contributed by atoms with Crippen LogP contribution in [0.5, 0.6) is 11.8 Å². The van der Waals surface area contributed by atoms with Crippen LogP contribution in [0.2, 0.25) is 0 Å². The number of methoxy groups -OCH3 is 3. The Morgan fingerprint density at radius 1 is 1.08 bits per heavy atom. The van der Waals surface area contributed by atoms with Gasteiger partial charge in [-0.25, -0.2) is 29.5 Å². The van der Waals surface area contributed by atoms with Crippen LogP contribution in [0.25, 0.3) is 0 Å².